The molecular formula is C20H25ClN2O4S. The van der Waals surface area contributed by atoms with E-state index in [1.54, 1.807) is 18.2 Å². The molecule has 1 saturated heterocycles. The summed E-state index contributed by atoms with van der Waals surface area (Å²) >= 11 is 6.27. The average Bonchev–Trinajstić information content (AvgIpc) is 2.70. The van der Waals surface area contributed by atoms with E-state index < -0.39 is 10.0 Å². The number of halogens is 1. The quantitative estimate of drug-likeness (QED) is 0.679. The highest BCUT2D eigenvalue weighted by Crippen LogP contribution is 2.32. The maximum atomic E-state index is 13.1. The van der Waals surface area contributed by atoms with Crippen LogP contribution in [0.2, 0.25) is 5.02 Å². The van der Waals surface area contributed by atoms with Gasteiger partial charge in [-0.3, -0.25) is 0 Å². The fourth-order valence-corrected chi connectivity index (χ4v) is 4.91. The van der Waals surface area contributed by atoms with E-state index in [4.69, 9.17) is 21.1 Å². The molecular weight excluding hydrogens is 400 g/mol. The molecule has 0 aliphatic carbocycles. The second kappa shape index (κ2) is 9.03. The summed E-state index contributed by atoms with van der Waals surface area (Å²) in [4.78, 5) is 2.32. The summed E-state index contributed by atoms with van der Waals surface area (Å²) in [6, 6.07) is 12.4. The van der Waals surface area contributed by atoms with E-state index in [0.29, 0.717) is 55.9 Å². The minimum absolute atomic E-state index is 0.214. The third kappa shape index (κ3) is 4.37. The number of nitrogens with zero attached hydrogens (tertiary/aromatic N) is 2. The molecule has 1 aliphatic heterocycles. The van der Waals surface area contributed by atoms with Crippen LogP contribution in [0.5, 0.6) is 11.5 Å². The topological polar surface area (TPSA) is 59.1 Å². The lowest BCUT2D eigenvalue weighted by atomic mass is 10.2. The largest absolute Gasteiger partial charge is 0.490 e. The van der Waals surface area contributed by atoms with Crippen molar-refractivity contribution in [2.75, 3.05) is 44.3 Å². The van der Waals surface area contributed by atoms with Crippen LogP contribution >= 0.6 is 11.6 Å². The van der Waals surface area contributed by atoms with E-state index in [2.05, 4.69) is 4.90 Å². The average molecular weight is 425 g/mol. The number of sulfonamides is 1. The maximum absolute atomic E-state index is 13.1. The van der Waals surface area contributed by atoms with E-state index in [-0.39, 0.29) is 4.90 Å². The number of hydrogen-bond acceptors (Lipinski definition) is 5. The first kappa shape index (κ1) is 20.8. The summed E-state index contributed by atoms with van der Waals surface area (Å²) in [6.07, 6.45) is 0. The van der Waals surface area contributed by atoms with Gasteiger partial charge in [0.05, 0.1) is 28.8 Å². The molecule has 0 bridgehead atoms. The molecule has 0 aromatic heterocycles. The van der Waals surface area contributed by atoms with Crippen molar-refractivity contribution in [3.63, 3.8) is 0 Å². The highest BCUT2D eigenvalue weighted by atomic mass is 35.5. The van der Waals surface area contributed by atoms with Crippen LogP contribution in [-0.4, -0.2) is 52.1 Å². The van der Waals surface area contributed by atoms with Crippen LogP contribution in [0.15, 0.2) is 47.4 Å². The Morgan fingerprint density at radius 2 is 1.57 bits per heavy atom. The molecule has 0 radical (unpaired) electrons. The van der Waals surface area contributed by atoms with Gasteiger partial charge in [-0.25, -0.2) is 8.42 Å². The highest BCUT2D eigenvalue weighted by Gasteiger charge is 2.30. The number of rotatable bonds is 7. The van der Waals surface area contributed by atoms with Crippen LogP contribution in [-0.2, 0) is 10.0 Å². The molecule has 3 rings (SSSR count). The third-order valence-corrected chi connectivity index (χ3v) is 6.80. The number of hydrogen-bond donors (Lipinski definition) is 0. The number of benzene rings is 2. The molecule has 0 amide bonds. The standard InChI is InChI=1S/C20H25ClN2O4S/c1-3-26-19-10-9-16(15-20(19)27-4-2)28(24,25)23-13-11-22(12-14-23)18-8-6-5-7-17(18)21/h5-10,15H,3-4,11-14H2,1-2H3. The van der Waals surface area contributed by atoms with Crippen LogP contribution in [0.4, 0.5) is 5.69 Å². The van der Waals surface area contributed by atoms with Gasteiger partial charge >= 0.3 is 0 Å². The SMILES string of the molecule is CCOc1ccc(S(=O)(=O)N2CCN(c3ccccc3Cl)CC2)cc1OCC. The second-order valence-corrected chi connectivity index (χ2v) is 8.66. The Hall–Kier alpha value is -1.96. The Morgan fingerprint density at radius 1 is 0.929 bits per heavy atom. The van der Waals surface area contributed by atoms with Crippen LogP contribution in [0.1, 0.15) is 13.8 Å². The van der Waals surface area contributed by atoms with E-state index >= 15 is 0 Å². The van der Waals surface area contributed by atoms with Crippen LogP contribution < -0.4 is 14.4 Å². The second-order valence-electron chi connectivity index (χ2n) is 6.32. The summed E-state index contributed by atoms with van der Waals surface area (Å²) in [5.41, 5.74) is 0.931. The van der Waals surface area contributed by atoms with Gasteiger partial charge in [-0.05, 0) is 38.1 Å². The van der Waals surface area contributed by atoms with Gasteiger partial charge in [0, 0.05) is 32.2 Å². The summed E-state index contributed by atoms with van der Waals surface area (Å²) in [5, 5.41) is 0.673. The molecule has 1 fully saturated rings. The first-order valence-electron chi connectivity index (χ1n) is 9.36. The highest BCUT2D eigenvalue weighted by molar-refractivity contribution is 7.89. The third-order valence-electron chi connectivity index (χ3n) is 4.58. The molecule has 0 spiro atoms. The Bertz CT molecular complexity index is 912. The van der Waals surface area contributed by atoms with Crippen molar-refractivity contribution in [3.8, 4) is 11.5 Å². The summed E-state index contributed by atoms with van der Waals surface area (Å²) in [6.45, 7) is 6.59. The van der Waals surface area contributed by atoms with E-state index in [0.717, 1.165) is 5.69 Å². The fourth-order valence-electron chi connectivity index (χ4n) is 3.22. The summed E-state index contributed by atoms with van der Waals surface area (Å²) in [7, 11) is -3.61. The van der Waals surface area contributed by atoms with E-state index in [1.165, 1.54) is 4.31 Å². The van der Waals surface area contributed by atoms with Gasteiger partial charge < -0.3 is 14.4 Å². The Labute approximate surface area is 171 Å². The van der Waals surface area contributed by atoms with Crippen molar-refractivity contribution in [1.29, 1.82) is 0 Å². The van der Waals surface area contributed by atoms with Gasteiger partial charge in [-0.15, -0.1) is 0 Å². The van der Waals surface area contributed by atoms with Gasteiger partial charge in [0.15, 0.2) is 11.5 Å². The van der Waals surface area contributed by atoms with Crippen molar-refractivity contribution >= 4 is 27.3 Å². The molecule has 6 nitrogen and oxygen atoms in total. The number of piperazine rings is 1. The minimum atomic E-state index is -3.61. The molecule has 2 aromatic rings. The number of anilines is 1. The van der Waals surface area contributed by atoms with E-state index in [1.807, 2.05) is 38.1 Å². The van der Waals surface area contributed by atoms with Gasteiger partial charge in [0.1, 0.15) is 0 Å². The zero-order chi connectivity index (χ0) is 20.1. The molecule has 2 aromatic carbocycles. The van der Waals surface area contributed by atoms with Crippen LogP contribution in [0, 0.1) is 0 Å². The van der Waals surface area contributed by atoms with E-state index in [9.17, 15) is 8.42 Å². The van der Waals surface area contributed by atoms with Gasteiger partial charge in [-0.2, -0.15) is 4.31 Å². The Morgan fingerprint density at radius 3 is 2.21 bits per heavy atom. The van der Waals surface area contributed by atoms with Crippen molar-refractivity contribution in [3.05, 3.63) is 47.5 Å². The van der Waals surface area contributed by atoms with Crippen LogP contribution in [0.25, 0.3) is 0 Å². The van der Waals surface area contributed by atoms with Crippen molar-refractivity contribution in [1.82, 2.24) is 4.31 Å². The molecule has 8 heteroatoms. The zero-order valence-electron chi connectivity index (χ0n) is 16.1. The summed E-state index contributed by atoms with van der Waals surface area (Å²) in [5.74, 6) is 0.993. The first-order chi connectivity index (χ1) is 13.5. The minimum Gasteiger partial charge on any atom is -0.490 e. The first-order valence-corrected chi connectivity index (χ1v) is 11.2. The lowest BCUT2D eigenvalue weighted by Gasteiger charge is -2.35. The molecule has 1 aliphatic rings. The lowest BCUT2D eigenvalue weighted by molar-refractivity contribution is 0.287. The Balaban J connectivity index is 1.77. The van der Waals surface area contributed by atoms with Gasteiger partial charge in [-0.1, -0.05) is 23.7 Å². The lowest BCUT2D eigenvalue weighted by Crippen LogP contribution is -2.48. The predicted octanol–water partition coefficient (Wildman–Crippen LogP) is 3.65. The smallest absolute Gasteiger partial charge is 0.243 e. The predicted molar refractivity (Wildman–Crippen MR) is 111 cm³/mol. The molecule has 0 saturated carbocycles. The molecule has 1 heterocycles. The summed E-state index contributed by atoms with van der Waals surface area (Å²) < 4.78 is 38.8. The fraction of sp³-hybridized carbons (Fsp3) is 0.400. The van der Waals surface area contributed by atoms with Crippen molar-refractivity contribution in [2.24, 2.45) is 0 Å². The van der Waals surface area contributed by atoms with Crippen LogP contribution in [0.3, 0.4) is 0 Å². The molecule has 0 N–H and O–H groups in total. The Kier molecular flexibility index (Phi) is 6.69. The maximum Gasteiger partial charge on any atom is 0.243 e. The van der Waals surface area contributed by atoms with Gasteiger partial charge in [0.25, 0.3) is 0 Å². The normalized spacial score (nSPS) is 15.5. The molecule has 0 unspecified atom stereocenters. The molecule has 28 heavy (non-hydrogen) atoms. The monoisotopic (exact) mass is 424 g/mol. The zero-order valence-corrected chi connectivity index (χ0v) is 17.7. The van der Waals surface area contributed by atoms with Crippen molar-refractivity contribution in [2.45, 2.75) is 18.7 Å². The van der Waals surface area contributed by atoms with Gasteiger partial charge in [0.2, 0.25) is 10.0 Å². The number of para-hydroxylation sites is 1. The molecule has 0 atom stereocenters. The molecule has 152 valence electrons. The number of ether oxygens (including phenoxy) is 2. The van der Waals surface area contributed by atoms with Crippen molar-refractivity contribution < 1.29 is 17.9 Å².